The predicted molar refractivity (Wildman–Crippen MR) is 105 cm³/mol. The summed E-state index contributed by atoms with van der Waals surface area (Å²) >= 11 is 1.60. The van der Waals surface area contributed by atoms with Crippen molar-refractivity contribution in [3.05, 3.63) is 18.2 Å². The van der Waals surface area contributed by atoms with E-state index in [1.807, 2.05) is 6.07 Å². The van der Waals surface area contributed by atoms with Gasteiger partial charge in [-0.25, -0.2) is 4.79 Å². The fourth-order valence-electron chi connectivity index (χ4n) is 3.22. The van der Waals surface area contributed by atoms with Crippen LogP contribution in [0.5, 0.6) is 0 Å². The van der Waals surface area contributed by atoms with Crippen LogP contribution in [0.1, 0.15) is 33.6 Å². The van der Waals surface area contributed by atoms with Gasteiger partial charge >= 0.3 is 6.09 Å². The second kappa shape index (κ2) is 7.39. The van der Waals surface area contributed by atoms with Gasteiger partial charge in [0, 0.05) is 36.5 Å². The zero-order valence-corrected chi connectivity index (χ0v) is 16.7. The average Bonchev–Trinajstić information content (AvgIpc) is 3.06. The van der Waals surface area contributed by atoms with Gasteiger partial charge in [-0.1, -0.05) is 0 Å². The fourth-order valence-corrected chi connectivity index (χ4v) is 4.35. The molecular weight excluding hydrogens is 350 g/mol. The minimum Gasteiger partial charge on any atom is -0.444 e. The molecule has 142 valence electrons. The number of likely N-dealkylation sites (N-methyl/N-ethyl adjacent to an activating group) is 1. The maximum absolute atomic E-state index is 12.8. The molecule has 0 aliphatic carbocycles. The van der Waals surface area contributed by atoms with Crippen LogP contribution in [0.2, 0.25) is 0 Å². The van der Waals surface area contributed by atoms with Gasteiger partial charge in [0.25, 0.3) is 0 Å². The smallest absolute Gasteiger partial charge is 0.408 e. The first-order chi connectivity index (χ1) is 12.2. The Bertz CT molecular complexity index is 696. The van der Waals surface area contributed by atoms with Crippen LogP contribution in [-0.4, -0.2) is 49.5 Å². The number of fused-ring (bicyclic) bond motifs is 1. The highest BCUT2D eigenvalue weighted by molar-refractivity contribution is 7.99. The summed E-state index contributed by atoms with van der Waals surface area (Å²) in [6, 6.07) is 5.63. The van der Waals surface area contributed by atoms with Gasteiger partial charge in [-0.05, 0) is 51.8 Å². The first-order valence-electron chi connectivity index (χ1n) is 9.03. The molecule has 1 atom stereocenters. The molecule has 2 amide bonds. The van der Waals surface area contributed by atoms with Gasteiger partial charge in [0.05, 0.1) is 5.69 Å². The van der Waals surface area contributed by atoms with E-state index >= 15 is 0 Å². The Morgan fingerprint density at radius 2 is 1.96 bits per heavy atom. The number of nitrogens with one attached hydrogen (secondary N) is 1. The van der Waals surface area contributed by atoms with Crippen LogP contribution in [0.25, 0.3) is 0 Å². The topological polar surface area (TPSA) is 61.9 Å². The third kappa shape index (κ3) is 4.26. The lowest BCUT2D eigenvalue weighted by molar-refractivity contribution is -0.119. The number of amides is 2. The number of nitrogens with zero attached hydrogens (tertiary/aromatic N) is 2. The first-order valence-corrected chi connectivity index (χ1v) is 10.0. The molecule has 1 saturated heterocycles. The Kier molecular flexibility index (Phi) is 5.37. The first kappa shape index (κ1) is 18.9. The Hall–Kier alpha value is -1.89. The van der Waals surface area contributed by atoms with Crippen molar-refractivity contribution in [3.63, 3.8) is 0 Å². The molecule has 2 aliphatic rings. The molecule has 2 aliphatic heterocycles. The molecule has 0 spiro atoms. The summed E-state index contributed by atoms with van der Waals surface area (Å²) in [5.41, 5.74) is 1.49. The molecule has 3 rings (SSSR count). The lowest BCUT2D eigenvalue weighted by Crippen LogP contribution is -2.49. The predicted octanol–water partition coefficient (Wildman–Crippen LogP) is 3.25. The van der Waals surface area contributed by atoms with Gasteiger partial charge in [0.2, 0.25) is 5.91 Å². The summed E-state index contributed by atoms with van der Waals surface area (Å²) in [6.45, 7) is 7.58. The summed E-state index contributed by atoms with van der Waals surface area (Å²) < 4.78 is 5.29. The van der Waals surface area contributed by atoms with E-state index < -0.39 is 17.7 Å². The summed E-state index contributed by atoms with van der Waals surface area (Å²) in [6.07, 6.45) is 1.89. The Labute approximate surface area is 159 Å². The number of hydrogen-bond donors (Lipinski definition) is 1. The highest BCUT2D eigenvalue weighted by Crippen LogP contribution is 2.37. The quantitative estimate of drug-likeness (QED) is 0.857. The third-order valence-corrected chi connectivity index (χ3v) is 5.64. The standard InChI is InChI=1S/C19H27N3O3S/c1-19(2,3)25-18(24)20-14-12-26-16-11-13(22-9-5-6-10-22)7-8-15(16)21(4)17(14)23/h7-8,11,14H,5-6,9-10,12H2,1-4H3,(H,20,24)/t14-/m0/s1. The van der Waals surface area contributed by atoms with E-state index in [0.29, 0.717) is 5.75 Å². The van der Waals surface area contributed by atoms with Crippen molar-refractivity contribution in [2.45, 2.75) is 50.2 Å². The van der Waals surface area contributed by atoms with Gasteiger partial charge in [-0.15, -0.1) is 11.8 Å². The van der Waals surface area contributed by atoms with Crippen LogP contribution < -0.4 is 15.1 Å². The van der Waals surface area contributed by atoms with Crippen molar-refractivity contribution in [1.82, 2.24) is 5.32 Å². The average molecular weight is 378 g/mol. The lowest BCUT2D eigenvalue weighted by atomic mass is 10.2. The highest BCUT2D eigenvalue weighted by Gasteiger charge is 2.31. The number of hydrogen-bond acceptors (Lipinski definition) is 5. The van der Waals surface area contributed by atoms with Crippen LogP contribution in [0.4, 0.5) is 16.2 Å². The molecule has 6 nitrogen and oxygen atoms in total. The van der Waals surface area contributed by atoms with Crippen LogP contribution in [0, 0.1) is 0 Å². The molecule has 0 bridgehead atoms. The fraction of sp³-hybridized carbons (Fsp3) is 0.579. The van der Waals surface area contributed by atoms with Crippen LogP contribution in [0.15, 0.2) is 23.1 Å². The van der Waals surface area contributed by atoms with Crippen molar-refractivity contribution < 1.29 is 14.3 Å². The number of thioether (sulfide) groups is 1. The monoisotopic (exact) mass is 377 g/mol. The molecule has 2 heterocycles. The van der Waals surface area contributed by atoms with Crippen LogP contribution >= 0.6 is 11.8 Å². The largest absolute Gasteiger partial charge is 0.444 e. The molecule has 1 fully saturated rings. The number of benzene rings is 1. The minimum absolute atomic E-state index is 0.129. The maximum atomic E-state index is 12.8. The van der Waals surface area contributed by atoms with E-state index in [1.54, 1.807) is 44.5 Å². The van der Waals surface area contributed by atoms with Crippen molar-refractivity contribution in [2.75, 3.05) is 35.7 Å². The van der Waals surface area contributed by atoms with Gasteiger partial charge in [-0.3, -0.25) is 4.79 Å². The van der Waals surface area contributed by atoms with Crippen molar-refractivity contribution >= 4 is 35.1 Å². The molecule has 7 heteroatoms. The molecule has 1 N–H and O–H groups in total. The molecule has 26 heavy (non-hydrogen) atoms. The normalized spacial score (nSPS) is 20.6. The van der Waals surface area contributed by atoms with Crippen molar-refractivity contribution in [3.8, 4) is 0 Å². The Morgan fingerprint density at radius 1 is 1.27 bits per heavy atom. The molecule has 0 unspecified atom stereocenters. The van der Waals surface area contributed by atoms with Gasteiger partial charge in [0.1, 0.15) is 11.6 Å². The van der Waals surface area contributed by atoms with Crippen molar-refractivity contribution in [2.24, 2.45) is 0 Å². The third-order valence-electron chi connectivity index (χ3n) is 4.50. The molecule has 0 radical (unpaired) electrons. The van der Waals surface area contributed by atoms with Gasteiger partial charge in [0.15, 0.2) is 0 Å². The minimum atomic E-state index is -0.609. The Balaban J connectivity index is 1.75. The molecule has 1 aromatic carbocycles. The van der Waals surface area contributed by atoms with Gasteiger partial charge < -0.3 is 19.9 Å². The van der Waals surface area contributed by atoms with E-state index in [1.165, 1.54) is 18.5 Å². The molecule has 0 saturated carbocycles. The van der Waals surface area contributed by atoms with E-state index in [0.717, 1.165) is 23.7 Å². The number of carbonyl (C=O) groups excluding carboxylic acids is 2. The summed E-state index contributed by atoms with van der Waals surface area (Å²) in [4.78, 5) is 29.9. The van der Waals surface area contributed by atoms with E-state index in [2.05, 4.69) is 22.3 Å². The lowest BCUT2D eigenvalue weighted by Gasteiger charge is -2.24. The number of rotatable bonds is 2. The molecule has 0 aromatic heterocycles. The number of alkyl carbamates (subject to hydrolysis) is 1. The number of ether oxygens (including phenoxy) is 1. The number of anilines is 2. The van der Waals surface area contributed by atoms with Crippen molar-refractivity contribution in [1.29, 1.82) is 0 Å². The second-order valence-electron chi connectivity index (χ2n) is 7.75. The maximum Gasteiger partial charge on any atom is 0.408 e. The Morgan fingerprint density at radius 3 is 2.62 bits per heavy atom. The molecule has 1 aromatic rings. The zero-order valence-electron chi connectivity index (χ0n) is 15.9. The summed E-state index contributed by atoms with van der Waals surface area (Å²) in [5.74, 6) is 0.356. The van der Waals surface area contributed by atoms with Crippen LogP contribution in [-0.2, 0) is 9.53 Å². The van der Waals surface area contributed by atoms with E-state index in [9.17, 15) is 9.59 Å². The van der Waals surface area contributed by atoms with Gasteiger partial charge in [-0.2, -0.15) is 0 Å². The van der Waals surface area contributed by atoms with Crippen LogP contribution in [0.3, 0.4) is 0 Å². The SMILES string of the molecule is CN1C(=O)[C@@H](NC(=O)OC(C)(C)C)CSc2cc(N3CCCC3)ccc21. The second-order valence-corrected chi connectivity index (χ2v) is 8.82. The molecular formula is C19H27N3O3S. The zero-order chi connectivity index (χ0) is 18.9. The van der Waals surface area contributed by atoms with E-state index in [4.69, 9.17) is 4.74 Å². The highest BCUT2D eigenvalue weighted by atomic mass is 32.2. The number of carbonyl (C=O) groups is 2. The summed E-state index contributed by atoms with van der Waals surface area (Å²) in [7, 11) is 1.76. The summed E-state index contributed by atoms with van der Waals surface area (Å²) in [5, 5.41) is 2.72. The van der Waals surface area contributed by atoms with E-state index in [-0.39, 0.29) is 5.91 Å².